The number of rotatable bonds is 6. The number of halogens is 3. The lowest BCUT2D eigenvalue weighted by molar-refractivity contribution is -0.0897. The summed E-state index contributed by atoms with van der Waals surface area (Å²) in [6, 6.07) is 12.8. The number of hydrogen-bond donors (Lipinski definition) is 1. The van der Waals surface area contributed by atoms with Crippen LogP contribution in [0.4, 0.5) is 8.78 Å². The molecule has 1 aromatic heterocycles. The summed E-state index contributed by atoms with van der Waals surface area (Å²) in [5.74, 6) is -0.465. The third-order valence-electron chi connectivity index (χ3n) is 5.24. The zero-order valence-electron chi connectivity index (χ0n) is 17.7. The smallest absolute Gasteiger partial charge is 0.283 e. The van der Waals surface area contributed by atoms with E-state index in [1.807, 2.05) is 0 Å². The summed E-state index contributed by atoms with van der Waals surface area (Å²) >= 11 is 7.11. The Bertz CT molecular complexity index is 1270. The molecule has 2 unspecified atom stereocenters. The molecule has 1 saturated heterocycles. The molecular weight excluding hydrogens is 508 g/mol. The fourth-order valence-corrected chi connectivity index (χ4v) is 5.30. The van der Waals surface area contributed by atoms with E-state index in [-0.39, 0.29) is 23.0 Å². The molecule has 34 heavy (non-hydrogen) atoms. The maximum Gasteiger partial charge on any atom is 0.283 e. The van der Waals surface area contributed by atoms with Crippen LogP contribution in [0, 0.1) is 0 Å². The maximum atomic E-state index is 13.2. The van der Waals surface area contributed by atoms with Crippen molar-refractivity contribution < 1.29 is 26.7 Å². The highest BCUT2D eigenvalue weighted by atomic mass is 35.5. The van der Waals surface area contributed by atoms with Crippen molar-refractivity contribution in [3.8, 4) is 21.7 Å². The molecule has 3 aromatic rings. The van der Waals surface area contributed by atoms with Crippen LogP contribution in [0.3, 0.4) is 0 Å². The highest BCUT2D eigenvalue weighted by Crippen LogP contribution is 2.38. The lowest BCUT2D eigenvalue weighted by Gasteiger charge is -2.35. The fourth-order valence-electron chi connectivity index (χ4n) is 3.60. The Morgan fingerprint density at radius 1 is 1.06 bits per heavy atom. The number of morpholine rings is 1. The monoisotopic (exact) mass is 527 g/mol. The Hall–Kier alpha value is -2.44. The first-order valence-electron chi connectivity index (χ1n) is 10.2. The molecule has 2 heterocycles. The topological polar surface area (TPSA) is 103 Å². The molecule has 2 aromatic carbocycles. The van der Waals surface area contributed by atoms with Crippen molar-refractivity contribution in [2.75, 3.05) is 26.4 Å². The summed E-state index contributed by atoms with van der Waals surface area (Å²) in [6.45, 7) is -1.70. The quantitative estimate of drug-likeness (QED) is 0.523. The van der Waals surface area contributed by atoms with Crippen LogP contribution in [0.25, 0.3) is 21.7 Å². The zero-order valence-corrected chi connectivity index (χ0v) is 20.0. The molecule has 0 aliphatic carbocycles. The molecule has 4 rings (SSSR count). The van der Waals surface area contributed by atoms with E-state index >= 15 is 0 Å². The van der Waals surface area contributed by atoms with Crippen molar-refractivity contribution >= 4 is 38.9 Å². The average Bonchev–Trinajstić information content (AvgIpc) is 3.28. The molecule has 2 N–H and O–H groups in total. The third kappa shape index (κ3) is 5.28. The molecule has 2 atom stereocenters. The Balaban J connectivity index is 1.75. The molecule has 0 bridgehead atoms. The summed E-state index contributed by atoms with van der Waals surface area (Å²) in [5.41, 5.74) is 1.81. The lowest BCUT2D eigenvalue weighted by Crippen LogP contribution is -2.51. The van der Waals surface area contributed by atoms with E-state index in [0.29, 0.717) is 26.7 Å². The van der Waals surface area contributed by atoms with E-state index in [2.05, 4.69) is 4.98 Å². The van der Waals surface area contributed by atoms with Gasteiger partial charge in [-0.1, -0.05) is 35.9 Å². The first kappa shape index (κ1) is 24.7. The Kier molecular flexibility index (Phi) is 7.29. The number of carbonyl (C=O) groups excluding carboxylic acids is 1. The van der Waals surface area contributed by atoms with E-state index in [0.717, 1.165) is 11.3 Å². The predicted molar refractivity (Wildman–Crippen MR) is 126 cm³/mol. The molecule has 1 fully saturated rings. The van der Waals surface area contributed by atoms with Gasteiger partial charge in [-0.25, -0.2) is 27.3 Å². The average molecular weight is 528 g/mol. The van der Waals surface area contributed by atoms with Crippen molar-refractivity contribution in [1.29, 1.82) is 0 Å². The number of sulfonamides is 1. The molecule has 180 valence electrons. The second-order valence-corrected chi connectivity index (χ2v) is 10.7. The predicted octanol–water partition coefficient (Wildman–Crippen LogP) is 3.93. The number of primary sulfonamides is 1. The van der Waals surface area contributed by atoms with Crippen molar-refractivity contribution in [3.63, 3.8) is 0 Å². The van der Waals surface area contributed by atoms with Gasteiger partial charge in [0, 0.05) is 23.7 Å². The van der Waals surface area contributed by atoms with Gasteiger partial charge in [-0.05, 0) is 29.8 Å². The molecule has 1 aliphatic heterocycles. The largest absolute Gasteiger partial charge is 0.366 e. The number of carbonyl (C=O) groups is 1. The van der Waals surface area contributed by atoms with Gasteiger partial charge in [-0.3, -0.25) is 4.79 Å². The molecule has 0 radical (unpaired) electrons. The van der Waals surface area contributed by atoms with E-state index < -0.39 is 41.5 Å². The van der Waals surface area contributed by atoms with Crippen LogP contribution in [-0.2, 0) is 14.8 Å². The van der Waals surface area contributed by atoms with Crippen molar-refractivity contribution in [3.05, 3.63) is 58.6 Å². The Morgan fingerprint density at radius 3 is 2.15 bits per heavy atom. The van der Waals surface area contributed by atoms with Crippen LogP contribution in [0.5, 0.6) is 0 Å². The van der Waals surface area contributed by atoms with Crippen LogP contribution in [0.2, 0.25) is 5.02 Å². The summed E-state index contributed by atoms with van der Waals surface area (Å²) in [6.07, 6.45) is -1.81. The summed E-state index contributed by atoms with van der Waals surface area (Å²) in [4.78, 5) is 19.7. The molecule has 1 aliphatic rings. The van der Waals surface area contributed by atoms with Crippen LogP contribution >= 0.6 is 22.9 Å². The third-order valence-corrected chi connectivity index (χ3v) is 7.51. The SMILES string of the molecule is NS(=O)(=O)c1ccc(-c2sc(C(=O)N3CC(CF)OC(CF)C3)nc2-c2ccc(Cl)cc2)cc1. The fraction of sp³-hybridized carbons (Fsp3) is 0.273. The number of benzene rings is 2. The van der Waals surface area contributed by atoms with Gasteiger partial charge in [-0.2, -0.15) is 0 Å². The van der Waals surface area contributed by atoms with Crippen LogP contribution in [0.1, 0.15) is 9.80 Å². The van der Waals surface area contributed by atoms with Crippen molar-refractivity contribution in [2.24, 2.45) is 5.14 Å². The zero-order chi connectivity index (χ0) is 24.5. The molecule has 12 heteroatoms. The number of hydrogen-bond acceptors (Lipinski definition) is 6. The molecule has 1 amide bonds. The standard InChI is InChI=1S/C22H20ClF2N3O4S2/c23-15-5-1-13(2-6-15)19-20(14-3-7-18(8-4-14)34(26,30)31)33-21(27-19)22(29)28-11-16(9-24)32-17(10-25)12-28/h1-8,16-17H,9-12H2,(H2,26,30,31). The van der Waals surface area contributed by atoms with Gasteiger partial charge in [0.1, 0.15) is 25.6 Å². The number of aromatic nitrogens is 1. The van der Waals surface area contributed by atoms with Gasteiger partial charge in [-0.15, -0.1) is 11.3 Å². The van der Waals surface area contributed by atoms with Gasteiger partial charge >= 0.3 is 0 Å². The van der Waals surface area contributed by atoms with Gasteiger partial charge in [0.2, 0.25) is 10.0 Å². The summed E-state index contributed by atoms with van der Waals surface area (Å²) in [7, 11) is -3.87. The van der Waals surface area contributed by atoms with E-state index in [1.165, 1.54) is 17.0 Å². The van der Waals surface area contributed by atoms with Crippen molar-refractivity contribution in [2.45, 2.75) is 17.1 Å². The minimum Gasteiger partial charge on any atom is -0.366 e. The Morgan fingerprint density at radius 2 is 1.62 bits per heavy atom. The van der Waals surface area contributed by atoms with E-state index in [1.54, 1.807) is 36.4 Å². The minimum absolute atomic E-state index is 0.0138. The van der Waals surface area contributed by atoms with Crippen LogP contribution in [-0.4, -0.2) is 62.9 Å². The second kappa shape index (κ2) is 10.0. The first-order valence-corrected chi connectivity index (χ1v) is 12.9. The van der Waals surface area contributed by atoms with Crippen LogP contribution in [0.15, 0.2) is 53.4 Å². The number of thiazole rings is 1. The summed E-state index contributed by atoms with van der Waals surface area (Å²) < 4.78 is 55.0. The maximum absolute atomic E-state index is 13.2. The highest BCUT2D eigenvalue weighted by Gasteiger charge is 2.33. The van der Waals surface area contributed by atoms with E-state index in [9.17, 15) is 22.0 Å². The molecule has 7 nitrogen and oxygen atoms in total. The second-order valence-electron chi connectivity index (χ2n) is 7.67. The number of alkyl halides is 2. The van der Waals surface area contributed by atoms with Gasteiger partial charge < -0.3 is 9.64 Å². The Labute approximate surface area is 204 Å². The number of ether oxygens (including phenoxy) is 1. The molecule has 0 saturated carbocycles. The van der Waals surface area contributed by atoms with E-state index in [4.69, 9.17) is 21.5 Å². The normalized spacial score (nSPS) is 18.8. The van der Waals surface area contributed by atoms with Crippen LogP contribution < -0.4 is 5.14 Å². The molecular formula is C22H20ClF2N3O4S2. The minimum atomic E-state index is -3.87. The summed E-state index contributed by atoms with van der Waals surface area (Å²) in [5, 5.41) is 5.85. The van der Waals surface area contributed by atoms with Crippen molar-refractivity contribution in [1.82, 2.24) is 9.88 Å². The van der Waals surface area contributed by atoms with Gasteiger partial charge in [0.05, 0.1) is 15.5 Å². The lowest BCUT2D eigenvalue weighted by atomic mass is 10.1. The number of nitrogens with two attached hydrogens (primary N) is 1. The number of amides is 1. The van der Waals surface area contributed by atoms with Gasteiger partial charge in [0.15, 0.2) is 5.01 Å². The molecule has 0 spiro atoms. The highest BCUT2D eigenvalue weighted by molar-refractivity contribution is 7.89. The van der Waals surface area contributed by atoms with Gasteiger partial charge in [0.25, 0.3) is 5.91 Å². The first-order chi connectivity index (χ1) is 16.2. The number of nitrogens with zero attached hydrogens (tertiary/aromatic N) is 2.